The van der Waals surface area contributed by atoms with Gasteiger partial charge in [0, 0.05) is 45.9 Å². The fourth-order valence-electron chi connectivity index (χ4n) is 3.67. The largest absolute Gasteiger partial charge is 0.417 e. The van der Waals surface area contributed by atoms with Gasteiger partial charge in [-0.1, -0.05) is 0 Å². The molecule has 0 N–H and O–H groups in total. The Balaban J connectivity index is 2.19. The molecule has 0 saturated carbocycles. The SMILES string of the molecule is COCC(=O)N1CCCC(c2cc(C(F)(F)F)c3c(=O)n(C)c(=O)n(C)c3n2)C1. The Morgan fingerprint density at radius 3 is 2.59 bits per heavy atom. The highest BCUT2D eigenvalue weighted by molar-refractivity contribution is 5.79. The van der Waals surface area contributed by atoms with Crippen LogP contribution >= 0.6 is 0 Å². The number of alkyl halides is 3. The number of ether oxygens (including phenoxy) is 1. The molecule has 158 valence electrons. The van der Waals surface area contributed by atoms with Crippen molar-refractivity contribution in [3.8, 4) is 0 Å². The number of halogens is 3. The summed E-state index contributed by atoms with van der Waals surface area (Å²) < 4.78 is 47.7. The lowest BCUT2D eigenvalue weighted by molar-refractivity contribution is -0.137. The van der Waals surface area contributed by atoms with E-state index in [9.17, 15) is 27.6 Å². The normalized spacial score (nSPS) is 17.7. The highest BCUT2D eigenvalue weighted by Gasteiger charge is 2.37. The maximum Gasteiger partial charge on any atom is 0.417 e. The highest BCUT2D eigenvalue weighted by atomic mass is 19.4. The summed E-state index contributed by atoms with van der Waals surface area (Å²) in [6.07, 6.45) is -3.68. The summed E-state index contributed by atoms with van der Waals surface area (Å²) >= 11 is 0. The van der Waals surface area contributed by atoms with Crippen LogP contribution in [0.4, 0.5) is 13.2 Å². The number of piperidine rings is 1. The van der Waals surface area contributed by atoms with Crippen molar-refractivity contribution in [2.24, 2.45) is 14.1 Å². The van der Waals surface area contributed by atoms with Gasteiger partial charge >= 0.3 is 11.9 Å². The van der Waals surface area contributed by atoms with Crippen LogP contribution in [0.15, 0.2) is 15.7 Å². The molecular formula is C18H21F3N4O4. The van der Waals surface area contributed by atoms with Crippen molar-refractivity contribution in [2.75, 3.05) is 26.8 Å². The number of likely N-dealkylation sites (tertiary alicyclic amines) is 1. The van der Waals surface area contributed by atoms with Gasteiger partial charge in [0.25, 0.3) is 5.56 Å². The number of nitrogens with zero attached hydrogens (tertiary/aromatic N) is 4. The Labute approximate surface area is 163 Å². The molecule has 8 nitrogen and oxygen atoms in total. The first-order valence-corrected chi connectivity index (χ1v) is 9.00. The molecule has 29 heavy (non-hydrogen) atoms. The summed E-state index contributed by atoms with van der Waals surface area (Å²) in [5.74, 6) is -0.704. The second kappa shape index (κ2) is 7.62. The Bertz CT molecular complexity index is 1070. The van der Waals surface area contributed by atoms with Gasteiger partial charge < -0.3 is 9.64 Å². The first kappa shape index (κ1) is 21.0. The minimum atomic E-state index is -4.81. The lowest BCUT2D eigenvalue weighted by atomic mass is 9.92. The van der Waals surface area contributed by atoms with Gasteiger partial charge in [0.15, 0.2) is 0 Å². The Kier molecular flexibility index (Phi) is 5.52. The zero-order valence-electron chi connectivity index (χ0n) is 16.2. The molecule has 1 saturated heterocycles. The summed E-state index contributed by atoms with van der Waals surface area (Å²) in [4.78, 5) is 42.5. The van der Waals surface area contributed by atoms with Crippen molar-refractivity contribution >= 4 is 16.9 Å². The first-order valence-electron chi connectivity index (χ1n) is 9.00. The Morgan fingerprint density at radius 2 is 1.97 bits per heavy atom. The summed E-state index contributed by atoms with van der Waals surface area (Å²) in [7, 11) is 3.79. The summed E-state index contributed by atoms with van der Waals surface area (Å²) in [5.41, 5.74) is -3.16. The quantitative estimate of drug-likeness (QED) is 0.748. The van der Waals surface area contributed by atoms with Crippen LogP contribution in [-0.2, 0) is 29.8 Å². The Hall–Kier alpha value is -2.69. The summed E-state index contributed by atoms with van der Waals surface area (Å²) in [5, 5.41) is -0.644. The van der Waals surface area contributed by atoms with Crippen LogP contribution in [0, 0.1) is 0 Å². The van der Waals surface area contributed by atoms with E-state index in [0.29, 0.717) is 24.0 Å². The summed E-state index contributed by atoms with van der Waals surface area (Å²) in [6, 6.07) is 0.864. The van der Waals surface area contributed by atoms with E-state index in [1.807, 2.05) is 0 Å². The van der Waals surface area contributed by atoms with Gasteiger partial charge in [-0.25, -0.2) is 9.78 Å². The number of rotatable bonds is 3. The lowest BCUT2D eigenvalue weighted by Crippen LogP contribution is -2.41. The number of pyridine rings is 1. The molecule has 2 aromatic rings. The molecule has 11 heteroatoms. The van der Waals surface area contributed by atoms with Crippen LogP contribution in [-0.4, -0.2) is 51.7 Å². The number of aromatic nitrogens is 3. The van der Waals surface area contributed by atoms with E-state index in [1.165, 1.54) is 19.1 Å². The van der Waals surface area contributed by atoms with Crippen LogP contribution in [0.5, 0.6) is 0 Å². The van der Waals surface area contributed by atoms with Gasteiger partial charge in [0.2, 0.25) is 5.91 Å². The number of methoxy groups -OCH3 is 1. The molecule has 1 aliphatic rings. The first-order chi connectivity index (χ1) is 13.6. The summed E-state index contributed by atoms with van der Waals surface area (Å²) in [6.45, 7) is 0.560. The second-order valence-corrected chi connectivity index (χ2v) is 7.11. The highest BCUT2D eigenvalue weighted by Crippen LogP contribution is 2.36. The fourth-order valence-corrected chi connectivity index (χ4v) is 3.67. The fraction of sp³-hybridized carbons (Fsp3) is 0.556. The van der Waals surface area contributed by atoms with Crippen LogP contribution in [0.25, 0.3) is 11.0 Å². The van der Waals surface area contributed by atoms with Crippen molar-refractivity contribution < 1.29 is 22.7 Å². The number of carbonyl (C=O) groups is 1. The maximum atomic E-state index is 13.8. The molecule has 3 heterocycles. The van der Waals surface area contributed by atoms with Crippen LogP contribution in [0.1, 0.15) is 30.0 Å². The van der Waals surface area contributed by atoms with E-state index >= 15 is 0 Å². The van der Waals surface area contributed by atoms with Crippen molar-refractivity contribution in [3.63, 3.8) is 0 Å². The van der Waals surface area contributed by atoms with Crippen molar-refractivity contribution in [1.82, 2.24) is 19.0 Å². The smallest absolute Gasteiger partial charge is 0.375 e. The minimum absolute atomic E-state index is 0.1000. The predicted octanol–water partition coefficient (Wildman–Crippen LogP) is 1.00. The molecule has 0 aromatic carbocycles. The molecule has 0 bridgehead atoms. The molecule has 1 amide bonds. The van der Waals surface area contributed by atoms with Crippen LogP contribution in [0.3, 0.4) is 0 Å². The Morgan fingerprint density at radius 1 is 1.28 bits per heavy atom. The van der Waals surface area contributed by atoms with Gasteiger partial charge in [-0.2, -0.15) is 13.2 Å². The molecule has 3 rings (SSSR count). The van der Waals surface area contributed by atoms with Crippen LogP contribution < -0.4 is 11.2 Å². The molecule has 1 aliphatic heterocycles. The van der Waals surface area contributed by atoms with Crippen molar-refractivity contribution in [2.45, 2.75) is 24.9 Å². The third-order valence-electron chi connectivity index (χ3n) is 5.20. The number of carbonyl (C=O) groups excluding carboxylic acids is 1. The van der Waals surface area contributed by atoms with Crippen molar-refractivity contribution in [1.29, 1.82) is 0 Å². The maximum absolute atomic E-state index is 13.8. The third-order valence-corrected chi connectivity index (χ3v) is 5.20. The van der Waals surface area contributed by atoms with E-state index in [-0.39, 0.29) is 30.4 Å². The van der Waals surface area contributed by atoms with Gasteiger partial charge in [-0.15, -0.1) is 0 Å². The standard InChI is InChI=1S/C18H21F3N4O4/c1-23-15-14(16(27)24(2)17(23)28)11(18(19,20)21)7-12(22-15)10-5-4-6-25(8-10)13(26)9-29-3/h7,10H,4-6,8-9H2,1-3H3. The van der Waals surface area contributed by atoms with E-state index in [0.717, 1.165) is 17.7 Å². The minimum Gasteiger partial charge on any atom is -0.375 e. The van der Waals surface area contributed by atoms with Crippen LogP contribution in [0.2, 0.25) is 0 Å². The van der Waals surface area contributed by atoms with E-state index in [1.54, 1.807) is 0 Å². The number of hydrogen-bond donors (Lipinski definition) is 0. The van der Waals surface area contributed by atoms with Crippen molar-refractivity contribution in [3.05, 3.63) is 38.2 Å². The van der Waals surface area contributed by atoms with E-state index in [4.69, 9.17) is 4.74 Å². The van der Waals surface area contributed by atoms with Gasteiger partial charge in [-0.05, 0) is 18.9 Å². The molecule has 0 spiro atoms. The zero-order chi connectivity index (χ0) is 21.5. The zero-order valence-corrected chi connectivity index (χ0v) is 16.2. The average molecular weight is 414 g/mol. The molecular weight excluding hydrogens is 393 g/mol. The van der Waals surface area contributed by atoms with Gasteiger partial charge in [0.1, 0.15) is 12.3 Å². The molecule has 0 radical (unpaired) electrons. The monoisotopic (exact) mass is 414 g/mol. The number of aryl methyl sites for hydroxylation is 1. The number of amides is 1. The van der Waals surface area contributed by atoms with Gasteiger partial charge in [-0.3, -0.25) is 18.7 Å². The topological polar surface area (TPSA) is 86.4 Å². The average Bonchev–Trinajstić information content (AvgIpc) is 2.69. The number of fused-ring (bicyclic) bond motifs is 1. The molecule has 1 unspecified atom stereocenters. The molecule has 1 atom stereocenters. The third kappa shape index (κ3) is 3.78. The van der Waals surface area contributed by atoms with Gasteiger partial charge in [0.05, 0.1) is 10.9 Å². The van der Waals surface area contributed by atoms with E-state index < -0.39 is 34.3 Å². The predicted molar refractivity (Wildman–Crippen MR) is 97.7 cm³/mol. The van der Waals surface area contributed by atoms with E-state index in [2.05, 4.69) is 4.98 Å². The second-order valence-electron chi connectivity index (χ2n) is 7.11. The number of hydrogen-bond acceptors (Lipinski definition) is 5. The molecule has 1 fully saturated rings. The molecule has 0 aliphatic carbocycles. The molecule has 2 aromatic heterocycles. The lowest BCUT2D eigenvalue weighted by Gasteiger charge is -2.32.